The van der Waals surface area contributed by atoms with E-state index in [1.165, 1.54) is 0 Å². The molecule has 14 heavy (non-hydrogen) atoms. The molecule has 0 aliphatic rings. The highest BCUT2D eigenvalue weighted by Gasteiger charge is 2.06. The Morgan fingerprint density at radius 2 is 2.00 bits per heavy atom. The van der Waals surface area contributed by atoms with Crippen molar-refractivity contribution >= 4 is 5.91 Å². The fraction of sp³-hybridized carbons (Fsp3) is 0.900. The van der Waals surface area contributed by atoms with Crippen molar-refractivity contribution in [3.8, 4) is 0 Å². The molecule has 0 rings (SSSR count). The Morgan fingerprint density at radius 3 is 2.50 bits per heavy atom. The molecule has 0 aromatic rings. The van der Waals surface area contributed by atoms with Gasteiger partial charge in [-0.2, -0.15) is 0 Å². The Morgan fingerprint density at radius 1 is 1.36 bits per heavy atom. The van der Waals surface area contributed by atoms with Crippen molar-refractivity contribution in [3.63, 3.8) is 0 Å². The van der Waals surface area contributed by atoms with Crippen molar-refractivity contribution < 1.29 is 9.53 Å². The molecule has 0 bridgehead atoms. The molecule has 0 spiro atoms. The summed E-state index contributed by atoms with van der Waals surface area (Å²) in [7, 11) is 1.63. The zero-order chi connectivity index (χ0) is 11.0. The normalized spacial score (nSPS) is 12.9. The van der Waals surface area contributed by atoms with Gasteiger partial charge in [0.05, 0.1) is 6.61 Å². The molecule has 0 fully saturated rings. The monoisotopic (exact) mass is 202 g/mol. The van der Waals surface area contributed by atoms with Gasteiger partial charge in [0.2, 0.25) is 5.91 Å². The molecule has 0 heterocycles. The van der Waals surface area contributed by atoms with Crippen LogP contribution in [0.3, 0.4) is 0 Å². The molecule has 0 saturated heterocycles. The van der Waals surface area contributed by atoms with Crippen LogP contribution < -0.4 is 10.6 Å². The summed E-state index contributed by atoms with van der Waals surface area (Å²) < 4.78 is 4.92. The molecule has 4 heteroatoms. The number of rotatable bonds is 7. The second-order valence-corrected chi connectivity index (χ2v) is 3.78. The van der Waals surface area contributed by atoms with Gasteiger partial charge < -0.3 is 15.4 Å². The van der Waals surface area contributed by atoms with Gasteiger partial charge in [-0.05, 0) is 6.92 Å². The molecule has 1 unspecified atom stereocenters. The number of hydrogen-bond donors (Lipinski definition) is 2. The first-order valence-corrected chi connectivity index (χ1v) is 5.08. The molecule has 84 valence electrons. The van der Waals surface area contributed by atoms with Crippen LogP contribution >= 0.6 is 0 Å². The Balaban J connectivity index is 3.45. The van der Waals surface area contributed by atoms with Crippen LogP contribution in [0.5, 0.6) is 0 Å². The minimum absolute atomic E-state index is 0.0719. The van der Waals surface area contributed by atoms with E-state index in [0.717, 1.165) is 6.54 Å². The van der Waals surface area contributed by atoms with E-state index in [-0.39, 0.29) is 11.9 Å². The van der Waals surface area contributed by atoms with Gasteiger partial charge in [-0.15, -0.1) is 0 Å². The molecule has 4 nitrogen and oxygen atoms in total. The van der Waals surface area contributed by atoms with Gasteiger partial charge in [0.15, 0.2) is 0 Å². The molecule has 0 aromatic carbocycles. The highest BCUT2D eigenvalue weighted by Crippen LogP contribution is 1.86. The molecular weight excluding hydrogens is 180 g/mol. The molecule has 0 saturated carbocycles. The molecule has 1 atom stereocenters. The fourth-order valence-electron chi connectivity index (χ4n) is 1.11. The van der Waals surface area contributed by atoms with Crippen molar-refractivity contribution in [2.45, 2.75) is 39.3 Å². The average molecular weight is 202 g/mol. The first kappa shape index (κ1) is 13.4. The maximum Gasteiger partial charge on any atom is 0.221 e. The van der Waals surface area contributed by atoms with Gasteiger partial charge in [-0.3, -0.25) is 4.79 Å². The van der Waals surface area contributed by atoms with E-state index in [1.54, 1.807) is 7.11 Å². The van der Waals surface area contributed by atoms with Gasteiger partial charge in [0, 0.05) is 32.2 Å². The summed E-state index contributed by atoms with van der Waals surface area (Å²) in [5, 5.41) is 6.04. The largest absolute Gasteiger partial charge is 0.383 e. The van der Waals surface area contributed by atoms with E-state index < -0.39 is 0 Å². The third kappa shape index (κ3) is 8.01. The van der Waals surface area contributed by atoms with Crippen molar-refractivity contribution in [1.29, 1.82) is 0 Å². The average Bonchev–Trinajstić information content (AvgIpc) is 2.03. The van der Waals surface area contributed by atoms with E-state index >= 15 is 0 Å². The summed E-state index contributed by atoms with van der Waals surface area (Å²) in [6.07, 6.45) is 0.520. The van der Waals surface area contributed by atoms with Crippen LogP contribution in [0.15, 0.2) is 0 Å². The van der Waals surface area contributed by atoms with Crippen LogP contribution in [-0.2, 0) is 9.53 Å². The van der Waals surface area contributed by atoms with E-state index in [2.05, 4.69) is 24.5 Å². The highest BCUT2D eigenvalue weighted by molar-refractivity contribution is 5.76. The third-order valence-electron chi connectivity index (χ3n) is 1.73. The predicted molar refractivity (Wildman–Crippen MR) is 57.2 cm³/mol. The molecule has 0 aliphatic carbocycles. The van der Waals surface area contributed by atoms with Gasteiger partial charge in [-0.1, -0.05) is 13.8 Å². The van der Waals surface area contributed by atoms with Crippen LogP contribution in [0, 0.1) is 0 Å². The van der Waals surface area contributed by atoms with Gasteiger partial charge in [-0.25, -0.2) is 0 Å². The Hall–Kier alpha value is -0.610. The summed E-state index contributed by atoms with van der Waals surface area (Å²) in [6, 6.07) is 0.519. The Bertz CT molecular complexity index is 160. The van der Waals surface area contributed by atoms with Gasteiger partial charge in [0.25, 0.3) is 0 Å². The SMILES string of the molecule is COCC(C)NC(=O)CCNC(C)C. The van der Waals surface area contributed by atoms with E-state index in [4.69, 9.17) is 4.74 Å². The first-order valence-electron chi connectivity index (χ1n) is 5.08. The maximum absolute atomic E-state index is 11.3. The lowest BCUT2D eigenvalue weighted by Gasteiger charge is -2.13. The topological polar surface area (TPSA) is 50.4 Å². The lowest BCUT2D eigenvalue weighted by atomic mass is 10.3. The van der Waals surface area contributed by atoms with Crippen LogP contribution in [0.2, 0.25) is 0 Å². The van der Waals surface area contributed by atoms with Gasteiger partial charge >= 0.3 is 0 Å². The zero-order valence-corrected chi connectivity index (χ0v) is 9.59. The van der Waals surface area contributed by atoms with Crippen LogP contribution in [-0.4, -0.2) is 38.3 Å². The number of carbonyl (C=O) groups excluding carboxylic acids is 1. The van der Waals surface area contributed by atoms with Crippen molar-refractivity contribution in [2.24, 2.45) is 0 Å². The standard InChI is InChI=1S/C10H22N2O2/c1-8(2)11-6-5-10(13)12-9(3)7-14-4/h8-9,11H,5-7H2,1-4H3,(H,12,13). The molecule has 0 radical (unpaired) electrons. The summed E-state index contributed by atoms with van der Waals surface area (Å²) in [6.45, 7) is 7.33. The molecular formula is C10H22N2O2. The number of methoxy groups -OCH3 is 1. The summed E-state index contributed by atoms with van der Waals surface area (Å²) >= 11 is 0. The Labute approximate surface area is 86.4 Å². The number of hydrogen-bond acceptors (Lipinski definition) is 3. The number of nitrogens with one attached hydrogen (secondary N) is 2. The lowest BCUT2D eigenvalue weighted by molar-refractivity contribution is -0.121. The molecule has 0 aromatic heterocycles. The van der Waals surface area contributed by atoms with Crippen molar-refractivity contribution in [3.05, 3.63) is 0 Å². The van der Waals surface area contributed by atoms with Gasteiger partial charge in [0.1, 0.15) is 0 Å². The minimum atomic E-state index is 0.0719. The van der Waals surface area contributed by atoms with Crippen molar-refractivity contribution in [1.82, 2.24) is 10.6 Å². The molecule has 1 amide bonds. The van der Waals surface area contributed by atoms with Crippen LogP contribution in [0.25, 0.3) is 0 Å². The summed E-state index contributed by atoms with van der Waals surface area (Å²) in [5.41, 5.74) is 0. The van der Waals surface area contributed by atoms with E-state index in [0.29, 0.717) is 19.1 Å². The smallest absolute Gasteiger partial charge is 0.221 e. The predicted octanol–water partition coefficient (Wildman–Crippen LogP) is 0.526. The van der Waals surface area contributed by atoms with Crippen molar-refractivity contribution in [2.75, 3.05) is 20.3 Å². The maximum atomic E-state index is 11.3. The quantitative estimate of drug-likeness (QED) is 0.633. The number of amides is 1. The number of carbonyl (C=O) groups is 1. The lowest BCUT2D eigenvalue weighted by Crippen LogP contribution is -2.37. The second kappa shape index (κ2) is 7.76. The number of ether oxygens (including phenoxy) is 1. The fourth-order valence-corrected chi connectivity index (χ4v) is 1.11. The third-order valence-corrected chi connectivity index (χ3v) is 1.73. The minimum Gasteiger partial charge on any atom is -0.383 e. The summed E-state index contributed by atoms with van der Waals surface area (Å²) in [5.74, 6) is 0.0719. The highest BCUT2D eigenvalue weighted by atomic mass is 16.5. The molecule has 2 N–H and O–H groups in total. The molecule has 0 aliphatic heterocycles. The van der Waals surface area contributed by atoms with E-state index in [9.17, 15) is 4.79 Å². The zero-order valence-electron chi connectivity index (χ0n) is 9.59. The second-order valence-electron chi connectivity index (χ2n) is 3.78. The van der Waals surface area contributed by atoms with E-state index in [1.807, 2.05) is 6.92 Å². The van der Waals surface area contributed by atoms with Crippen LogP contribution in [0.1, 0.15) is 27.2 Å². The summed E-state index contributed by atoms with van der Waals surface area (Å²) in [4.78, 5) is 11.3. The van der Waals surface area contributed by atoms with Crippen LogP contribution in [0.4, 0.5) is 0 Å². The first-order chi connectivity index (χ1) is 6.56. The Kier molecular flexibility index (Phi) is 7.42.